The second-order valence-corrected chi connectivity index (χ2v) is 22.6. The number of carboxylic acid groups (broad SMARTS) is 1. The number of nitrogens with zero attached hydrogens (tertiary/aromatic N) is 3. The van der Waals surface area contributed by atoms with Crippen LogP contribution in [0.1, 0.15) is 97.0 Å². The van der Waals surface area contributed by atoms with Crippen molar-refractivity contribution in [3.05, 3.63) is 35.9 Å². The van der Waals surface area contributed by atoms with Crippen molar-refractivity contribution in [2.45, 2.75) is 164 Å². The Kier molecular flexibility index (Phi) is 26.8. The maximum absolute atomic E-state index is 14.4. The number of carbonyl (C=O) groups is 11. The number of carbonyl (C=O) groups excluding carboxylic acids is 10. The van der Waals surface area contributed by atoms with Crippen LogP contribution >= 0.6 is 23.5 Å². The number of benzene rings is 1. The molecule has 4 rings (SSSR count). The Morgan fingerprint density at radius 3 is 1.49 bits per heavy atom. The van der Waals surface area contributed by atoms with E-state index in [0.29, 0.717) is 37.2 Å². The molecule has 3 aliphatic heterocycles. The monoisotopic (exact) mass is 1150 g/mol. The lowest BCUT2D eigenvalue weighted by molar-refractivity contribution is -0.146. The van der Waals surface area contributed by atoms with E-state index in [0.717, 1.165) is 10.5 Å². The summed E-state index contributed by atoms with van der Waals surface area (Å²) in [6.07, 6.45) is 3.53. The SMILES string of the molecule is CSCC[C@H](NC(=O)[C@@H]1CCCN1C(=O)[C@H](CCSC)NC(=O)[C@@H]1CCCN1C(=O)[C@H](CCC(=O)O)NC(=O)[C@@H]1CCCN1C(=O)[C@@H](NC(=O)[C@H](CO)NC(=O)[C@H](CC(C)C)NC(=O)[C@@H](N)Cc1ccccc1)[C@@H](C)O)C(N)=O. The van der Waals surface area contributed by atoms with Gasteiger partial charge in [-0.15, -0.1) is 0 Å². The fraction of sp³-hybridized carbons (Fsp3) is 0.673. The highest BCUT2D eigenvalue weighted by atomic mass is 32.2. The number of nitrogens with two attached hydrogens (primary N) is 2. The van der Waals surface area contributed by atoms with Crippen LogP contribution in [0.15, 0.2) is 30.3 Å². The first kappa shape index (κ1) is 65.5. The first-order chi connectivity index (χ1) is 37.5. The molecule has 13 N–H and O–H groups in total. The second-order valence-electron chi connectivity index (χ2n) is 20.6. The number of aliphatic carboxylic acids is 1. The molecule has 3 fully saturated rings. The molecule has 27 heteroatoms. The summed E-state index contributed by atoms with van der Waals surface area (Å²) in [5.41, 5.74) is 12.5. The summed E-state index contributed by atoms with van der Waals surface area (Å²) < 4.78 is 0. The van der Waals surface area contributed by atoms with Crippen LogP contribution in [0.5, 0.6) is 0 Å². The van der Waals surface area contributed by atoms with Gasteiger partial charge in [-0.2, -0.15) is 23.5 Å². The molecule has 0 unspecified atom stereocenters. The maximum Gasteiger partial charge on any atom is 0.303 e. The quantitative estimate of drug-likeness (QED) is 0.0373. The molecule has 25 nitrogen and oxygen atoms in total. The zero-order valence-electron chi connectivity index (χ0n) is 45.7. The van der Waals surface area contributed by atoms with Crippen molar-refractivity contribution in [2.75, 3.05) is 50.3 Å². The number of hydrogen-bond acceptors (Lipinski definition) is 16. The van der Waals surface area contributed by atoms with E-state index >= 15 is 0 Å². The average molecular weight is 1150 g/mol. The Balaban J connectivity index is 1.45. The fourth-order valence-electron chi connectivity index (χ4n) is 9.88. The van der Waals surface area contributed by atoms with Crippen LogP contribution in [-0.4, -0.2) is 212 Å². The predicted octanol–water partition coefficient (Wildman–Crippen LogP) is -2.29. The first-order valence-electron chi connectivity index (χ1n) is 26.8. The Morgan fingerprint density at radius 2 is 1.05 bits per heavy atom. The van der Waals surface area contributed by atoms with Gasteiger partial charge in [0.05, 0.1) is 18.8 Å². The standard InChI is InChI=1S/C52H81N11O14S2/c1-29(2)26-36(58-44(69)32(53)27-31-12-7-6-8-13-31)45(70)59-37(28-64)46(71)60-42(30(3)65)52(77)63-23-11-16-40(63)49(74)56-34(17-18-41(66)67)50(75)61-21-10-15-39(61)48(73)57-35(20-25-79-5)51(76)62-22-9-14-38(62)47(72)55-33(43(54)68)19-24-78-4/h6-8,12-13,29-30,32-40,42,64-65H,9-11,14-28,53H2,1-5H3,(H2,54,68)(H,55,72)(H,56,74)(H,57,73)(H,58,69)(H,59,70)(H,60,71)(H,66,67)/t30-,32+,33+,34+,35+,36+,37+,38+,39+,40+,42+/m1/s1. The van der Waals surface area contributed by atoms with Crippen LogP contribution in [0, 0.1) is 5.92 Å². The van der Waals surface area contributed by atoms with Gasteiger partial charge in [0.1, 0.15) is 54.4 Å². The average Bonchev–Trinajstić information content (AvgIpc) is 4.23. The van der Waals surface area contributed by atoms with Crippen molar-refractivity contribution >= 4 is 88.6 Å². The van der Waals surface area contributed by atoms with E-state index in [9.17, 15) is 68.1 Å². The molecule has 0 bridgehead atoms. The molecule has 3 heterocycles. The molecule has 0 radical (unpaired) electrons. The summed E-state index contributed by atoms with van der Waals surface area (Å²) in [6.45, 7) is 4.09. The number of aliphatic hydroxyl groups is 2. The van der Waals surface area contributed by atoms with Crippen LogP contribution in [-0.2, 0) is 59.2 Å². The lowest BCUT2D eigenvalue weighted by atomic mass is 10.0. The number of likely N-dealkylation sites (tertiary alicyclic amines) is 3. The summed E-state index contributed by atoms with van der Waals surface area (Å²) in [5.74, 6) is -7.95. The number of thioether (sulfide) groups is 2. The van der Waals surface area contributed by atoms with Gasteiger partial charge in [0.2, 0.25) is 59.1 Å². The number of primary amides is 1. The number of aliphatic hydroxyl groups excluding tert-OH is 2. The van der Waals surface area contributed by atoms with Gasteiger partial charge in [-0.1, -0.05) is 44.2 Å². The van der Waals surface area contributed by atoms with E-state index in [1.165, 1.54) is 40.2 Å². The van der Waals surface area contributed by atoms with E-state index in [1.807, 2.05) is 32.4 Å². The lowest BCUT2D eigenvalue weighted by Crippen LogP contribution is -2.62. The van der Waals surface area contributed by atoms with E-state index in [-0.39, 0.29) is 64.1 Å². The number of hydrogen-bond donors (Lipinski definition) is 11. The molecule has 10 amide bonds. The van der Waals surface area contributed by atoms with Crippen LogP contribution < -0.4 is 43.4 Å². The third kappa shape index (κ3) is 19.3. The number of amides is 10. The first-order valence-corrected chi connectivity index (χ1v) is 29.6. The lowest BCUT2D eigenvalue weighted by Gasteiger charge is -2.33. The van der Waals surface area contributed by atoms with Crippen molar-refractivity contribution in [1.82, 2.24) is 46.6 Å². The van der Waals surface area contributed by atoms with Gasteiger partial charge in [0.15, 0.2) is 0 Å². The van der Waals surface area contributed by atoms with Crippen molar-refractivity contribution in [2.24, 2.45) is 17.4 Å². The van der Waals surface area contributed by atoms with Crippen molar-refractivity contribution < 1.29 is 68.1 Å². The zero-order valence-corrected chi connectivity index (χ0v) is 47.3. The molecule has 1 aromatic rings. The third-order valence-corrected chi connectivity index (χ3v) is 15.4. The molecular formula is C52H81N11O14S2. The zero-order chi connectivity index (χ0) is 58.5. The molecule has 3 saturated heterocycles. The summed E-state index contributed by atoms with van der Waals surface area (Å²) >= 11 is 2.90. The Labute approximate surface area is 469 Å². The Bertz CT molecular complexity index is 2300. The Morgan fingerprint density at radius 1 is 0.608 bits per heavy atom. The molecule has 0 aromatic heterocycles. The molecule has 1 aromatic carbocycles. The maximum atomic E-state index is 14.4. The third-order valence-electron chi connectivity index (χ3n) is 14.1. The molecule has 0 spiro atoms. The molecule has 440 valence electrons. The van der Waals surface area contributed by atoms with Gasteiger partial charge < -0.3 is 73.4 Å². The predicted molar refractivity (Wildman–Crippen MR) is 294 cm³/mol. The normalized spacial score (nSPS) is 20.2. The summed E-state index contributed by atoms with van der Waals surface area (Å²) in [4.78, 5) is 153. The number of carboxylic acids is 1. The minimum Gasteiger partial charge on any atom is -0.481 e. The van der Waals surface area contributed by atoms with Gasteiger partial charge in [-0.3, -0.25) is 52.7 Å². The highest BCUT2D eigenvalue weighted by Crippen LogP contribution is 2.25. The highest BCUT2D eigenvalue weighted by molar-refractivity contribution is 7.98. The van der Waals surface area contributed by atoms with Crippen molar-refractivity contribution in [1.29, 1.82) is 0 Å². The molecule has 3 aliphatic rings. The van der Waals surface area contributed by atoms with E-state index < -0.39 is 151 Å². The van der Waals surface area contributed by atoms with Crippen LogP contribution in [0.25, 0.3) is 0 Å². The van der Waals surface area contributed by atoms with Gasteiger partial charge >= 0.3 is 5.97 Å². The molecular weight excluding hydrogens is 1070 g/mol. The van der Waals surface area contributed by atoms with Crippen LogP contribution in [0.3, 0.4) is 0 Å². The van der Waals surface area contributed by atoms with Crippen molar-refractivity contribution in [3.8, 4) is 0 Å². The van der Waals surface area contributed by atoms with E-state index in [2.05, 4.69) is 31.9 Å². The molecule has 79 heavy (non-hydrogen) atoms. The smallest absolute Gasteiger partial charge is 0.303 e. The van der Waals surface area contributed by atoms with E-state index in [4.69, 9.17) is 11.5 Å². The van der Waals surface area contributed by atoms with Gasteiger partial charge in [0, 0.05) is 26.1 Å². The highest BCUT2D eigenvalue weighted by Gasteiger charge is 2.45. The largest absolute Gasteiger partial charge is 0.481 e. The minimum absolute atomic E-state index is 0.0351. The molecule has 11 atom stereocenters. The fourth-order valence-corrected chi connectivity index (χ4v) is 10.8. The second kappa shape index (κ2) is 32.3. The summed E-state index contributed by atoms with van der Waals surface area (Å²) in [7, 11) is 0. The van der Waals surface area contributed by atoms with Gasteiger partial charge in [-0.25, -0.2) is 0 Å². The van der Waals surface area contributed by atoms with Gasteiger partial charge in [0.25, 0.3) is 0 Å². The topological polar surface area (TPSA) is 382 Å². The number of rotatable bonds is 31. The molecule has 0 aliphatic carbocycles. The molecule has 0 saturated carbocycles. The number of nitrogens with one attached hydrogen (secondary N) is 6. The van der Waals surface area contributed by atoms with Crippen LogP contribution in [0.4, 0.5) is 0 Å². The van der Waals surface area contributed by atoms with Gasteiger partial charge in [-0.05, 0) is 113 Å². The van der Waals surface area contributed by atoms with Crippen LogP contribution in [0.2, 0.25) is 0 Å². The Hall–Kier alpha value is -6.03. The summed E-state index contributed by atoms with van der Waals surface area (Å²) in [6, 6.07) is -3.47. The van der Waals surface area contributed by atoms with Crippen molar-refractivity contribution in [3.63, 3.8) is 0 Å². The van der Waals surface area contributed by atoms with E-state index in [1.54, 1.807) is 24.3 Å². The summed E-state index contributed by atoms with van der Waals surface area (Å²) in [5, 5.41) is 46.3. The minimum atomic E-state index is -1.72.